The molecular weight excluding hydrogens is 238 g/mol. The third-order valence-electron chi connectivity index (χ3n) is 2.55. The third-order valence-corrected chi connectivity index (χ3v) is 2.55. The maximum atomic E-state index is 11.7. The van der Waals surface area contributed by atoms with Crippen LogP contribution in [0, 0.1) is 0 Å². The summed E-state index contributed by atoms with van der Waals surface area (Å²) in [6.07, 6.45) is 2.29. The number of hydrogen-bond donors (Lipinski definition) is 1. The second-order valence-electron chi connectivity index (χ2n) is 4.17. The Morgan fingerprint density at radius 1 is 1.16 bits per heavy atom. The Bertz CT molecular complexity index is 564. The van der Waals surface area contributed by atoms with E-state index in [0.717, 1.165) is 11.3 Å². The van der Waals surface area contributed by atoms with Gasteiger partial charge in [-0.15, -0.1) is 0 Å². The smallest absolute Gasteiger partial charge is 0.266 e. The van der Waals surface area contributed by atoms with Crippen LogP contribution in [0.2, 0.25) is 0 Å². The Kier molecular flexibility index (Phi) is 4.39. The molecule has 0 aliphatic heterocycles. The lowest BCUT2D eigenvalue weighted by Gasteiger charge is -2.02. The van der Waals surface area contributed by atoms with E-state index in [1.807, 2.05) is 37.3 Å². The topological polar surface area (TPSA) is 54.4 Å². The number of carbonyl (C=O) groups excluding carboxylic acids is 1. The van der Waals surface area contributed by atoms with Crippen LogP contribution in [-0.2, 0) is 6.42 Å². The van der Waals surface area contributed by atoms with E-state index < -0.39 is 0 Å². The standard InChI is InChI=1S/C15H15N3O/c1-12(11-13-7-3-2-4-8-13)17-18-15(19)14-9-5-6-10-16-14/h2-10H,11H2,1H3,(H,18,19)/b17-12-. The summed E-state index contributed by atoms with van der Waals surface area (Å²) in [5, 5.41) is 4.07. The first-order chi connectivity index (χ1) is 9.25. The summed E-state index contributed by atoms with van der Waals surface area (Å²) in [6.45, 7) is 1.88. The van der Waals surface area contributed by atoms with Gasteiger partial charge in [-0.1, -0.05) is 36.4 Å². The van der Waals surface area contributed by atoms with Crippen molar-refractivity contribution in [1.82, 2.24) is 10.4 Å². The lowest BCUT2D eigenvalue weighted by molar-refractivity contribution is 0.0950. The van der Waals surface area contributed by atoms with Gasteiger partial charge in [-0.3, -0.25) is 9.78 Å². The molecule has 1 aromatic carbocycles. The number of amides is 1. The molecule has 0 fully saturated rings. The van der Waals surface area contributed by atoms with Gasteiger partial charge in [0.1, 0.15) is 5.69 Å². The van der Waals surface area contributed by atoms with Gasteiger partial charge >= 0.3 is 0 Å². The van der Waals surface area contributed by atoms with E-state index in [9.17, 15) is 4.79 Å². The summed E-state index contributed by atoms with van der Waals surface area (Å²) in [5.41, 5.74) is 4.87. The zero-order valence-electron chi connectivity index (χ0n) is 10.7. The summed E-state index contributed by atoms with van der Waals surface area (Å²) in [6, 6.07) is 15.2. The van der Waals surface area contributed by atoms with Crippen molar-refractivity contribution in [2.75, 3.05) is 0 Å². The third kappa shape index (κ3) is 4.03. The number of benzene rings is 1. The Labute approximate surface area is 112 Å². The minimum atomic E-state index is -0.298. The van der Waals surface area contributed by atoms with Crippen LogP contribution >= 0.6 is 0 Å². The van der Waals surface area contributed by atoms with E-state index in [-0.39, 0.29) is 5.91 Å². The van der Waals surface area contributed by atoms with E-state index in [1.165, 1.54) is 0 Å². The number of nitrogens with zero attached hydrogens (tertiary/aromatic N) is 2. The summed E-state index contributed by atoms with van der Waals surface area (Å²) in [4.78, 5) is 15.7. The number of aromatic nitrogens is 1. The van der Waals surface area contributed by atoms with Crippen molar-refractivity contribution in [3.8, 4) is 0 Å². The Morgan fingerprint density at radius 3 is 2.58 bits per heavy atom. The highest BCUT2D eigenvalue weighted by Crippen LogP contribution is 2.00. The van der Waals surface area contributed by atoms with E-state index in [4.69, 9.17) is 0 Å². The quantitative estimate of drug-likeness (QED) is 0.672. The van der Waals surface area contributed by atoms with Crippen molar-refractivity contribution in [3.63, 3.8) is 0 Å². The monoisotopic (exact) mass is 253 g/mol. The van der Waals surface area contributed by atoms with Gasteiger partial charge in [-0.2, -0.15) is 5.10 Å². The van der Waals surface area contributed by atoms with Gasteiger partial charge in [0.15, 0.2) is 0 Å². The van der Waals surface area contributed by atoms with Gasteiger partial charge < -0.3 is 0 Å². The molecule has 0 saturated heterocycles. The van der Waals surface area contributed by atoms with Crippen molar-refractivity contribution in [3.05, 3.63) is 66.0 Å². The number of rotatable bonds is 4. The molecule has 0 unspecified atom stereocenters. The second-order valence-corrected chi connectivity index (χ2v) is 4.17. The van der Waals surface area contributed by atoms with Crippen molar-refractivity contribution in [1.29, 1.82) is 0 Å². The summed E-state index contributed by atoms with van der Waals surface area (Å²) in [5.74, 6) is -0.298. The lowest BCUT2D eigenvalue weighted by Crippen LogP contribution is -2.20. The normalized spacial score (nSPS) is 11.1. The number of pyridine rings is 1. The van der Waals surface area contributed by atoms with Gasteiger partial charge in [0.05, 0.1) is 0 Å². The average molecular weight is 253 g/mol. The predicted octanol–water partition coefficient (Wildman–Crippen LogP) is 2.43. The van der Waals surface area contributed by atoms with Crippen LogP contribution in [0.1, 0.15) is 23.0 Å². The maximum absolute atomic E-state index is 11.7. The van der Waals surface area contributed by atoms with Crippen molar-refractivity contribution in [2.45, 2.75) is 13.3 Å². The minimum absolute atomic E-state index is 0.298. The molecule has 0 saturated carbocycles. The predicted molar refractivity (Wildman–Crippen MR) is 75.0 cm³/mol. The second kappa shape index (κ2) is 6.44. The van der Waals surface area contributed by atoms with Crippen LogP contribution in [0.3, 0.4) is 0 Å². The molecule has 4 heteroatoms. The number of carbonyl (C=O) groups is 1. The fourth-order valence-electron chi connectivity index (χ4n) is 1.63. The van der Waals surface area contributed by atoms with Gasteiger partial charge in [0.25, 0.3) is 5.91 Å². The molecule has 0 atom stereocenters. The molecule has 19 heavy (non-hydrogen) atoms. The largest absolute Gasteiger partial charge is 0.289 e. The zero-order chi connectivity index (χ0) is 13.5. The molecule has 96 valence electrons. The molecule has 0 spiro atoms. The molecule has 0 bridgehead atoms. The Morgan fingerprint density at radius 2 is 1.89 bits per heavy atom. The molecule has 2 rings (SSSR count). The molecule has 1 N–H and O–H groups in total. The minimum Gasteiger partial charge on any atom is -0.266 e. The van der Waals surface area contributed by atoms with Crippen LogP contribution in [0.15, 0.2) is 59.8 Å². The van der Waals surface area contributed by atoms with E-state index in [1.54, 1.807) is 24.4 Å². The highest BCUT2D eigenvalue weighted by Gasteiger charge is 2.04. The van der Waals surface area contributed by atoms with E-state index in [0.29, 0.717) is 12.1 Å². The van der Waals surface area contributed by atoms with E-state index >= 15 is 0 Å². The average Bonchev–Trinajstić information content (AvgIpc) is 2.47. The Balaban J connectivity index is 1.93. The van der Waals surface area contributed by atoms with Gasteiger partial charge in [-0.05, 0) is 24.6 Å². The van der Waals surface area contributed by atoms with Gasteiger partial charge in [-0.25, -0.2) is 5.43 Å². The van der Waals surface area contributed by atoms with E-state index in [2.05, 4.69) is 15.5 Å². The van der Waals surface area contributed by atoms with Crippen LogP contribution in [0.25, 0.3) is 0 Å². The first kappa shape index (κ1) is 13.0. The molecule has 1 heterocycles. The van der Waals surface area contributed by atoms with Crippen LogP contribution < -0.4 is 5.43 Å². The maximum Gasteiger partial charge on any atom is 0.289 e. The molecule has 1 aromatic heterocycles. The summed E-state index contributed by atoms with van der Waals surface area (Å²) < 4.78 is 0. The SMILES string of the molecule is C/C(Cc1ccccc1)=N/NC(=O)c1ccccn1. The van der Waals surface area contributed by atoms with Crippen LogP contribution in [0.4, 0.5) is 0 Å². The highest BCUT2D eigenvalue weighted by molar-refractivity contribution is 5.93. The molecular formula is C15H15N3O. The molecule has 1 amide bonds. The van der Waals surface area contributed by atoms with Crippen LogP contribution in [0.5, 0.6) is 0 Å². The molecule has 4 nitrogen and oxygen atoms in total. The lowest BCUT2D eigenvalue weighted by atomic mass is 10.1. The first-order valence-electron chi connectivity index (χ1n) is 6.04. The molecule has 2 aromatic rings. The van der Waals surface area contributed by atoms with Gasteiger partial charge in [0, 0.05) is 18.3 Å². The molecule has 0 aliphatic carbocycles. The van der Waals surface area contributed by atoms with Crippen molar-refractivity contribution < 1.29 is 4.79 Å². The summed E-state index contributed by atoms with van der Waals surface area (Å²) in [7, 11) is 0. The number of hydrazone groups is 1. The van der Waals surface area contributed by atoms with Gasteiger partial charge in [0.2, 0.25) is 0 Å². The van der Waals surface area contributed by atoms with Crippen molar-refractivity contribution in [2.24, 2.45) is 5.10 Å². The number of hydrogen-bond acceptors (Lipinski definition) is 3. The van der Waals surface area contributed by atoms with Crippen LogP contribution in [-0.4, -0.2) is 16.6 Å². The molecule has 0 aliphatic rings. The first-order valence-corrected chi connectivity index (χ1v) is 6.04. The highest BCUT2D eigenvalue weighted by atomic mass is 16.2. The fourth-order valence-corrected chi connectivity index (χ4v) is 1.63. The Hall–Kier alpha value is -2.49. The van der Waals surface area contributed by atoms with Crippen molar-refractivity contribution >= 4 is 11.6 Å². The number of nitrogens with one attached hydrogen (secondary N) is 1. The molecule has 0 radical (unpaired) electrons. The fraction of sp³-hybridized carbons (Fsp3) is 0.133. The summed E-state index contributed by atoms with van der Waals surface area (Å²) >= 11 is 0. The zero-order valence-corrected chi connectivity index (χ0v) is 10.7.